The molecule has 26 heavy (non-hydrogen) atoms. The van der Waals surface area contributed by atoms with Gasteiger partial charge in [-0.25, -0.2) is 0 Å². The van der Waals surface area contributed by atoms with Gasteiger partial charge in [-0.1, -0.05) is 31.2 Å². The summed E-state index contributed by atoms with van der Waals surface area (Å²) in [6.45, 7) is 7.45. The van der Waals surface area contributed by atoms with Crippen LogP contribution in [0.5, 0.6) is 0 Å². The molecule has 138 valence electrons. The third-order valence-electron chi connectivity index (χ3n) is 5.23. The summed E-state index contributed by atoms with van der Waals surface area (Å²) in [4.78, 5) is 15.0. The van der Waals surface area contributed by atoms with Crippen LogP contribution in [0.15, 0.2) is 42.5 Å². The Bertz CT molecular complexity index is 755. The molecule has 1 atom stereocenters. The Morgan fingerprint density at radius 3 is 2.69 bits per heavy atom. The number of benzene rings is 2. The third-order valence-corrected chi connectivity index (χ3v) is 5.23. The van der Waals surface area contributed by atoms with E-state index < -0.39 is 0 Å². The molecule has 0 saturated carbocycles. The van der Waals surface area contributed by atoms with Gasteiger partial charge in [0, 0.05) is 24.3 Å². The summed E-state index contributed by atoms with van der Waals surface area (Å²) in [5.41, 5.74) is 4.37. The average Bonchev–Trinajstić information content (AvgIpc) is 2.64. The van der Waals surface area contributed by atoms with Gasteiger partial charge in [-0.3, -0.25) is 9.69 Å². The minimum Gasteiger partial charge on any atom is -0.392 e. The number of carbonyl (C=O) groups excluding carboxylic acids is 1. The van der Waals surface area contributed by atoms with E-state index >= 15 is 0 Å². The van der Waals surface area contributed by atoms with Crippen molar-refractivity contribution in [2.45, 2.75) is 39.8 Å². The Hall–Kier alpha value is -2.17. The Kier molecular flexibility index (Phi) is 6.07. The van der Waals surface area contributed by atoms with Crippen molar-refractivity contribution in [1.82, 2.24) is 4.90 Å². The number of hydrogen-bond acceptors (Lipinski definition) is 3. The van der Waals surface area contributed by atoms with Crippen molar-refractivity contribution in [3.8, 4) is 0 Å². The highest BCUT2D eigenvalue weighted by molar-refractivity contribution is 6.04. The van der Waals surface area contributed by atoms with E-state index in [1.807, 2.05) is 49.4 Å². The predicted octanol–water partition coefficient (Wildman–Crippen LogP) is 3.97. The van der Waals surface area contributed by atoms with Gasteiger partial charge < -0.3 is 10.4 Å². The maximum Gasteiger partial charge on any atom is 0.255 e. The molecule has 4 heteroatoms. The molecule has 1 aliphatic heterocycles. The van der Waals surface area contributed by atoms with Crippen LogP contribution in [0.3, 0.4) is 0 Å². The number of hydrogen-bond donors (Lipinski definition) is 2. The second kappa shape index (κ2) is 8.47. The predicted molar refractivity (Wildman–Crippen MR) is 105 cm³/mol. The zero-order valence-electron chi connectivity index (χ0n) is 15.7. The Morgan fingerprint density at radius 2 is 2.00 bits per heavy atom. The number of likely N-dealkylation sites (tertiary alicyclic amines) is 1. The first kappa shape index (κ1) is 18.6. The smallest absolute Gasteiger partial charge is 0.255 e. The minimum atomic E-state index is -0.124. The second-order valence-electron chi connectivity index (χ2n) is 7.38. The van der Waals surface area contributed by atoms with Crippen LogP contribution in [0.2, 0.25) is 0 Å². The highest BCUT2D eigenvalue weighted by Gasteiger charge is 2.16. The maximum atomic E-state index is 12.5. The lowest BCUT2D eigenvalue weighted by Gasteiger charge is -2.30. The number of nitrogens with one attached hydrogen (secondary N) is 1. The van der Waals surface area contributed by atoms with Gasteiger partial charge >= 0.3 is 0 Å². The number of carbonyl (C=O) groups is 1. The second-order valence-corrected chi connectivity index (χ2v) is 7.38. The molecule has 2 N–H and O–H groups in total. The van der Waals surface area contributed by atoms with E-state index in [-0.39, 0.29) is 12.5 Å². The van der Waals surface area contributed by atoms with Crippen LogP contribution in [0, 0.1) is 12.8 Å². The topological polar surface area (TPSA) is 52.6 Å². The van der Waals surface area contributed by atoms with Crippen molar-refractivity contribution in [3.05, 3.63) is 64.7 Å². The van der Waals surface area contributed by atoms with E-state index in [9.17, 15) is 9.90 Å². The highest BCUT2D eigenvalue weighted by atomic mass is 16.3. The molecule has 4 nitrogen and oxygen atoms in total. The zero-order valence-corrected chi connectivity index (χ0v) is 15.7. The van der Waals surface area contributed by atoms with E-state index in [0.29, 0.717) is 5.56 Å². The molecule has 1 saturated heterocycles. The molecule has 3 rings (SSSR count). The highest BCUT2D eigenvalue weighted by Crippen LogP contribution is 2.21. The number of aliphatic hydroxyl groups is 1. The lowest BCUT2D eigenvalue weighted by molar-refractivity contribution is 0.102. The van der Waals surface area contributed by atoms with E-state index in [4.69, 9.17) is 0 Å². The van der Waals surface area contributed by atoms with Gasteiger partial charge in [0.2, 0.25) is 0 Å². The molecule has 1 amide bonds. The van der Waals surface area contributed by atoms with Crippen LogP contribution < -0.4 is 5.32 Å². The summed E-state index contributed by atoms with van der Waals surface area (Å²) in [5.74, 6) is 0.646. The zero-order chi connectivity index (χ0) is 18.5. The summed E-state index contributed by atoms with van der Waals surface area (Å²) in [6, 6.07) is 13.4. The van der Waals surface area contributed by atoms with Gasteiger partial charge in [0.1, 0.15) is 0 Å². The number of anilines is 1. The molecule has 0 radical (unpaired) electrons. The van der Waals surface area contributed by atoms with Gasteiger partial charge in [0.15, 0.2) is 0 Å². The summed E-state index contributed by atoms with van der Waals surface area (Å²) in [6.07, 6.45) is 2.60. The fraction of sp³-hybridized carbons (Fsp3) is 0.409. The number of amides is 1. The molecule has 0 bridgehead atoms. The fourth-order valence-corrected chi connectivity index (χ4v) is 3.63. The first-order valence-corrected chi connectivity index (χ1v) is 9.39. The van der Waals surface area contributed by atoms with Crippen LogP contribution in [0.4, 0.5) is 5.69 Å². The molecule has 0 unspecified atom stereocenters. The molecule has 0 spiro atoms. The van der Waals surface area contributed by atoms with Crippen molar-refractivity contribution in [1.29, 1.82) is 0 Å². The van der Waals surface area contributed by atoms with E-state index in [0.717, 1.165) is 42.4 Å². The Balaban J connectivity index is 1.64. The van der Waals surface area contributed by atoms with Crippen LogP contribution in [0.25, 0.3) is 0 Å². The fourth-order valence-electron chi connectivity index (χ4n) is 3.63. The third kappa shape index (κ3) is 4.51. The molecule has 1 heterocycles. The molecular formula is C22H28N2O2. The molecule has 2 aromatic rings. The molecule has 1 fully saturated rings. The van der Waals surface area contributed by atoms with Crippen molar-refractivity contribution in [2.75, 3.05) is 18.4 Å². The molecule has 1 aliphatic rings. The van der Waals surface area contributed by atoms with E-state index in [1.54, 1.807) is 0 Å². The lowest BCUT2D eigenvalue weighted by atomic mass is 9.99. The van der Waals surface area contributed by atoms with Gasteiger partial charge in [-0.15, -0.1) is 0 Å². The monoisotopic (exact) mass is 352 g/mol. The number of rotatable bonds is 5. The quantitative estimate of drug-likeness (QED) is 0.856. The molecule has 0 aliphatic carbocycles. The summed E-state index contributed by atoms with van der Waals surface area (Å²) >= 11 is 0. The Labute approximate surface area is 155 Å². The van der Waals surface area contributed by atoms with Crippen LogP contribution in [-0.4, -0.2) is 29.0 Å². The largest absolute Gasteiger partial charge is 0.392 e. The average molecular weight is 352 g/mol. The van der Waals surface area contributed by atoms with Crippen molar-refractivity contribution >= 4 is 11.6 Å². The standard InChI is InChI=1S/C22H28N2O2/c1-16-5-4-12-24(13-16)14-18-8-10-19(11-9-18)22(26)23-21-7-3-6-20(15-25)17(21)2/h3,6-11,16,25H,4-5,12-15H2,1-2H3,(H,23,26)/t16-/m0/s1. The number of aliphatic hydroxyl groups excluding tert-OH is 1. The summed E-state index contributed by atoms with van der Waals surface area (Å²) < 4.78 is 0. The van der Waals surface area contributed by atoms with Crippen LogP contribution in [0.1, 0.15) is 46.8 Å². The molecule has 2 aromatic carbocycles. The van der Waals surface area contributed by atoms with Crippen molar-refractivity contribution < 1.29 is 9.90 Å². The minimum absolute atomic E-state index is 0.0284. The first-order chi connectivity index (χ1) is 12.6. The van der Waals surface area contributed by atoms with Crippen LogP contribution >= 0.6 is 0 Å². The van der Waals surface area contributed by atoms with Crippen molar-refractivity contribution in [3.63, 3.8) is 0 Å². The van der Waals surface area contributed by atoms with E-state index in [2.05, 4.69) is 17.1 Å². The van der Waals surface area contributed by atoms with Crippen LogP contribution in [-0.2, 0) is 13.2 Å². The van der Waals surface area contributed by atoms with Gasteiger partial charge in [0.25, 0.3) is 5.91 Å². The SMILES string of the molecule is Cc1c(CO)cccc1NC(=O)c1ccc(CN2CCC[C@H](C)C2)cc1. The molecule has 0 aromatic heterocycles. The lowest BCUT2D eigenvalue weighted by Crippen LogP contribution is -2.33. The molecular weight excluding hydrogens is 324 g/mol. The number of piperidine rings is 1. The Morgan fingerprint density at radius 1 is 1.23 bits per heavy atom. The summed E-state index contributed by atoms with van der Waals surface area (Å²) in [5, 5.41) is 12.3. The van der Waals surface area contributed by atoms with Gasteiger partial charge in [-0.2, -0.15) is 0 Å². The van der Waals surface area contributed by atoms with Gasteiger partial charge in [0.05, 0.1) is 6.61 Å². The maximum absolute atomic E-state index is 12.5. The first-order valence-electron chi connectivity index (χ1n) is 9.39. The number of nitrogens with zero attached hydrogens (tertiary/aromatic N) is 1. The van der Waals surface area contributed by atoms with E-state index in [1.165, 1.54) is 18.4 Å². The summed E-state index contributed by atoms with van der Waals surface area (Å²) in [7, 11) is 0. The normalized spacial score (nSPS) is 17.9. The van der Waals surface area contributed by atoms with Crippen molar-refractivity contribution in [2.24, 2.45) is 5.92 Å². The van der Waals surface area contributed by atoms with Gasteiger partial charge in [-0.05, 0) is 67.1 Å².